The Labute approximate surface area is 175 Å². The molecule has 31 heavy (non-hydrogen) atoms. The van der Waals surface area contributed by atoms with E-state index in [1.54, 1.807) is 13.8 Å². The van der Waals surface area contributed by atoms with E-state index < -0.39 is 42.3 Å². The quantitative estimate of drug-likeness (QED) is 0.723. The van der Waals surface area contributed by atoms with Crippen molar-refractivity contribution >= 4 is 23.3 Å². The van der Waals surface area contributed by atoms with Gasteiger partial charge in [0.15, 0.2) is 35.3 Å². The Morgan fingerprint density at radius 2 is 1.90 bits per heavy atom. The van der Waals surface area contributed by atoms with Crippen molar-refractivity contribution in [3.05, 3.63) is 12.2 Å². The highest BCUT2D eigenvalue weighted by molar-refractivity contribution is 5.83. The van der Waals surface area contributed by atoms with Crippen molar-refractivity contribution in [1.82, 2.24) is 19.5 Å². The van der Waals surface area contributed by atoms with Gasteiger partial charge in [-0.3, -0.25) is 4.57 Å². The first-order valence-electron chi connectivity index (χ1n) is 10.2. The van der Waals surface area contributed by atoms with Gasteiger partial charge in [0.25, 0.3) is 0 Å². The molecule has 1 aliphatic carbocycles. The fourth-order valence-corrected chi connectivity index (χ4v) is 4.53. The molecule has 2 aromatic rings. The van der Waals surface area contributed by atoms with Gasteiger partial charge >= 0.3 is 6.18 Å². The second kappa shape index (κ2) is 7.10. The Hall–Kier alpha value is -2.31. The Bertz CT molecular complexity index is 1000. The summed E-state index contributed by atoms with van der Waals surface area (Å²) in [6.07, 6.45) is -2.33. The van der Waals surface area contributed by atoms with Gasteiger partial charge in [-0.2, -0.15) is 13.2 Å². The van der Waals surface area contributed by atoms with E-state index in [1.807, 2.05) is 0 Å². The second-order valence-electron chi connectivity index (χ2n) is 8.54. The molecule has 168 valence electrons. The first kappa shape index (κ1) is 20.6. The Morgan fingerprint density at radius 3 is 2.58 bits per heavy atom. The maximum absolute atomic E-state index is 13.6. The zero-order chi connectivity index (χ0) is 22.0. The number of carbonyl (C=O) groups excluding carboxylic acids is 1. The smallest absolute Gasteiger partial charge is 0.365 e. The van der Waals surface area contributed by atoms with Crippen molar-refractivity contribution in [2.75, 3.05) is 5.32 Å². The van der Waals surface area contributed by atoms with Gasteiger partial charge in [-0.05, 0) is 26.7 Å². The Kier molecular flexibility index (Phi) is 4.72. The number of halogens is 3. The molecule has 1 N–H and O–H groups in total. The topological polar surface area (TPSA) is 100 Å². The monoisotopic (exact) mass is 441 g/mol. The lowest BCUT2D eigenvalue weighted by atomic mass is 10.1. The van der Waals surface area contributed by atoms with Crippen LogP contribution in [0.3, 0.4) is 0 Å². The minimum absolute atomic E-state index is 0.0308. The number of imidazole rings is 1. The van der Waals surface area contributed by atoms with E-state index in [1.165, 1.54) is 10.9 Å². The summed E-state index contributed by atoms with van der Waals surface area (Å²) in [6, 6.07) is 0.0308. The number of aldehydes is 1. The van der Waals surface area contributed by atoms with Gasteiger partial charge in [0.1, 0.15) is 18.3 Å². The van der Waals surface area contributed by atoms with Crippen molar-refractivity contribution in [2.24, 2.45) is 0 Å². The second-order valence-corrected chi connectivity index (χ2v) is 8.54. The number of fused-ring (bicyclic) bond motifs is 2. The number of alkyl halides is 3. The summed E-state index contributed by atoms with van der Waals surface area (Å²) in [5.74, 6) is -2.20. The molecule has 4 heterocycles. The van der Waals surface area contributed by atoms with Crippen LogP contribution in [0.1, 0.15) is 51.6 Å². The molecule has 2 aliphatic heterocycles. The summed E-state index contributed by atoms with van der Waals surface area (Å²) in [5, 5.41) is 3.10. The molecular weight excluding hydrogens is 419 g/mol. The fraction of sp³-hybridized carbons (Fsp3) is 0.684. The van der Waals surface area contributed by atoms with E-state index in [0.29, 0.717) is 6.29 Å². The van der Waals surface area contributed by atoms with Crippen LogP contribution >= 0.6 is 0 Å². The van der Waals surface area contributed by atoms with Crippen LogP contribution in [0.4, 0.5) is 19.0 Å². The summed E-state index contributed by atoms with van der Waals surface area (Å²) in [4.78, 5) is 23.2. The van der Waals surface area contributed by atoms with E-state index in [-0.39, 0.29) is 23.0 Å². The first-order valence-corrected chi connectivity index (χ1v) is 10.2. The number of nitrogens with zero attached hydrogens (tertiary/aromatic N) is 4. The van der Waals surface area contributed by atoms with Gasteiger partial charge < -0.3 is 24.3 Å². The zero-order valence-electron chi connectivity index (χ0n) is 16.9. The fourth-order valence-electron chi connectivity index (χ4n) is 4.53. The molecule has 2 saturated heterocycles. The molecule has 0 bridgehead atoms. The zero-order valence-corrected chi connectivity index (χ0v) is 16.9. The third-order valence-corrected chi connectivity index (χ3v) is 5.84. The van der Waals surface area contributed by atoms with E-state index in [2.05, 4.69) is 20.3 Å². The molecule has 0 unspecified atom stereocenters. The molecule has 5 rings (SSSR count). The van der Waals surface area contributed by atoms with E-state index >= 15 is 0 Å². The van der Waals surface area contributed by atoms with Crippen molar-refractivity contribution in [1.29, 1.82) is 0 Å². The lowest BCUT2D eigenvalue weighted by Gasteiger charge is -2.23. The van der Waals surface area contributed by atoms with E-state index in [0.717, 1.165) is 25.7 Å². The summed E-state index contributed by atoms with van der Waals surface area (Å²) in [5.41, 5.74) is 0.152. The maximum Gasteiger partial charge on any atom is 0.451 e. The summed E-state index contributed by atoms with van der Waals surface area (Å²) < 4.78 is 59.4. The van der Waals surface area contributed by atoms with Gasteiger partial charge in [0.2, 0.25) is 5.82 Å². The molecule has 12 heteroatoms. The van der Waals surface area contributed by atoms with Crippen molar-refractivity contribution in [3.8, 4) is 0 Å². The number of hydrogen-bond acceptors (Lipinski definition) is 8. The molecule has 0 aromatic carbocycles. The number of carbonyl (C=O) groups is 1. The highest BCUT2D eigenvalue weighted by Gasteiger charge is 2.56. The Balaban J connectivity index is 1.59. The maximum atomic E-state index is 13.6. The summed E-state index contributed by atoms with van der Waals surface area (Å²) in [6.45, 7) is 3.40. The number of aromatic nitrogens is 4. The number of ether oxygens (including phenoxy) is 3. The largest absolute Gasteiger partial charge is 0.451 e. The SMILES string of the molecule is CC1(C)O[C@@H]2[C@@H](O1)[C@H](n1cnc3c(NC4CCCC4)nc(C(F)(F)F)nc31)O[C@H]2C=O. The minimum Gasteiger partial charge on any atom is -0.365 e. The van der Waals surface area contributed by atoms with Gasteiger partial charge in [-0.25, -0.2) is 15.0 Å². The molecule has 3 fully saturated rings. The molecule has 4 atom stereocenters. The van der Waals surface area contributed by atoms with Crippen LogP contribution in [0.15, 0.2) is 6.33 Å². The lowest BCUT2D eigenvalue weighted by molar-refractivity contribution is -0.194. The van der Waals surface area contributed by atoms with Crippen LogP contribution < -0.4 is 5.32 Å². The molecule has 0 amide bonds. The molecule has 1 saturated carbocycles. The van der Waals surface area contributed by atoms with Gasteiger partial charge in [0.05, 0.1) is 6.33 Å². The Morgan fingerprint density at radius 1 is 1.19 bits per heavy atom. The number of rotatable bonds is 4. The van der Waals surface area contributed by atoms with Crippen molar-refractivity contribution in [3.63, 3.8) is 0 Å². The molecular formula is C19H22F3N5O4. The normalized spacial score (nSPS) is 30.7. The van der Waals surface area contributed by atoms with Gasteiger partial charge in [-0.1, -0.05) is 12.8 Å². The summed E-state index contributed by atoms with van der Waals surface area (Å²) in [7, 11) is 0. The number of anilines is 1. The van der Waals surface area contributed by atoms with Crippen molar-refractivity contribution < 1.29 is 32.2 Å². The predicted octanol–water partition coefficient (Wildman–Crippen LogP) is 2.82. The average Bonchev–Trinajstić information content (AvgIpc) is 3.44. The molecule has 9 nitrogen and oxygen atoms in total. The van der Waals surface area contributed by atoms with Crippen LogP contribution in [0.25, 0.3) is 11.2 Å². The molecule has 3 aliphatic rings. The number of hydrogen-bond donors (Lipinski definition) is 1. The van der Waals surface area contributed by atoms with E-state index in [4.69, 9.17) is 14.2 Å². The van der Waals surface area contributed by atoms with Crippen LogP contribution in [0, 0.1) is 0 Å². The van der Waals surface area contributed by atoms with Crippen LogP contribution in [-0.4, -0.2) is 55.9 Å². The summed E-state index contributed by atoms with van der Waals surface area (Å²) >= 11 is 0. The van der Waals surface area contributed by atoms with E-state index in [9.17, 15) is 18.0 Å². The standard InChI is InChI=1S/C19H22F3N5O4/c1-18(2)30-12-10(7-28)29-16(13(12)31-18)27-8-23-11-14(24-9-5-3-4-6-9)25-17(19(20,21)22)26-15(11)27/h7-10,12-13,16H,3-6H2,1-2H3,(H,24,25,26)/t10-,12-,13+,16+/m0/s1. The third-order valence-electron chi connectivity index (χ3n) is 5.84. The van der Waals surface area contributed by atoms with Gasteiger partial charge in [0, 0.05) is 6.04 Å². The predicted molar refractivity (Wildman–Crippen MR) is 100 cm³/mol. The first-order chi connectivity index (χ1) is 14.7. The van der Waals surface area contributed by atoms with Crippen LogP contribution in [-0.2, 0) is 25.2 Å². The lowest BCUT2D eigenvalue weighted by Crippen LogP contribution is -2.30. The highest BCUT2D eigenvalue weighted by atomic mass is 19.4. The third kappa shape index (κ3) is 3.56. The van der Waals surface area contributed by atoms with Crippen molar-refractivity contribution in [2.45, 2.75) is 82.1 Å². The number of nitrogens with one attached hydrogen (secondary N) is 1. The highest BCUT2D eigenvalue weighted by Crippen LogP contribution is 2.43. The van der Waals surface area contributed by atoms with Crippen LogP contribution in [0.2, 0.25) is 0 Å². The average molecular weight is 441 g/mol. The molecule has 2 aromatic heterocycles. The molecule has 0 radical (unpaired) electrons. The van der Waals surface area contributed by atoms with Crippen LogP contribution in [0.5, 0.6) is 0 Å². The van der Waals surface area contributed by atoms with Gasteiger partial charge in [-0.15, -0.1) is 0 Å². The minimum atomic E-state index is -4.74. The molecule has 0 spiro atoms.